The molecule has 6 heteroatoms. The number of nitrogens with one attached hydrogen (secondary N) is 1. The zero-order valence-electron chi connectivity index (χ0n) is 14.6. The number of rotatable bonds is 8. The first-order valence-electron chi connectivity index (χ1n) is 8.66. The Balaban J connectivity index is 1.54. The molecule has 0 bridgehead atoms. The molecule has 3 aromatic rings. The van der Waals surface area contributed by atoms with Crippen molar-refractivity contribution < 1.29 is 14.1 Å². The summed E-state index contributed by atoms with van der Waals surface area (Å²) in [5, 5.41) is 6.89. The van der Waals surface area contributed by atoms with Gasteiger partial charge in [0.2, 0.25) is 17.6 Å². The maximum absolute atomic E-state index is 12.0. The van der Waals surface area contributed by atoms with Gasteiger partial charge in [0.15, 0.2) is 0 Å². The zero-order valence-corrected chi connectivity index (χ0v) is 14.6. The predicted octanol–water partition coefficient (Wildman–Crippen LogP) is 4.10. The van der Waals surface area contributed by atoms with Gasteiger partial charge in [0, 0.05) is 18.5 Å². The molecule has 0 radical (unpaired) electrons. The Kier molecular flexibility index (Phi) is 5.98. The van der Waals surface area contributed by atoms with Gasteiger partial charge in [0.05, 0.1) is 12.2 Å². The van der Waals surface area contributed by atoms with Crippen LogP contribution >= 0.6 is 0 Å². The topological polar surface area (TPSA) is 77.2 Å². The molecule has 2 aromatic carbocycles. The van der Waals surface area contributed by atoms with E-state index < -0.39 is 0 Å². The van der Waals surface area contributed by atoms with Crippen LogP contribution in [0.5, 0.6) is 5.75 Å². The first-order valence-corrected chi connectivity index (χ1v) is 8.66. The molecule has 0 aliphatic rings. The summed E-state index contributed by atoms with van der Waals surface area (Å²) in [5.74, 6) is 1.71. The summed E-state index contributed by atoms with van der Waals surface area (Å²) >= 11 is 0. The van der Waals surface area contributed by atoms with Gasteiger partial charge >= 0.3 is 0 Å². The van der Waals surface area contributed by atoms with E-state index in [1.165, 1.54) is 0 Å². The standard InChI is InChI=1S/C20H21N3O3/c1-2-25-17-12-7-6-11-16(17)20-22-19(26-23-20)14-8-13-18(24)21-15-9-4-3-5-10-15/h3-7,9-12H,2,8,13-14H2,1H3,(H,21,24). The molecule has 0 saturated carbocycles. The highest BCUT2D eigenvalue weighted by atomic mass is 16.5. The minimum absolute atomic E-state index is 0.0300. The quantitative estimate of drug-likeness (QED) is 0.661. The van der Waals surface area contributed by atoms with Crippen molar-refractivity contribution in [1.82, 2.24) is 10.1 Å². The molecule has 0 aliphatic heterocycles. The van der Waals surface area contributed by atoms with Crippen molar-refractivity contribution in [3.8, 4) is 17.1 Å². The van der Waals surface area contributed by atoms with E-state index in [1.807, 2.05) is 61.5 Å². The molecule has 134 valence electrons. The molecule has 1 aromatic heterocycles. The molecule has 1 N–H and O–H groups in total. The SMILES string of the molecule is CCOc1ccccc1-c1noc(CCCC(=O)Nc2ccccc2)n1. The van der Waals surface area contributed by atoms with Crippen LogP contribution in [0, 0.1) is 0 Å². The number of carbonyl (C=O) groups excluding carboxylic acids is 1. The Labute approximate surface area is 152 Å². The highest BCUT2D eigenvalue weighted by Crippen LogP contribution is 2.27. The van der Waals surface area contributed by atoms with E-state index in [9.17, 15) is 4.79 Å². The lowest BCUT2D eigenvalue weighted by molar-refractivity contribution is -0.116. The van der Waals surface area contributed by atoms with Crippen LogP contribution in [0.3, 0.4) is 0 Å². The number of hydrogen-bond acceptors (Lipinski definition) is 5. The zero-order chi connectivity index (χ0) is 18.2. The number of para-hydroxylation sites is 2. The second kappa shape index (κ2) is 8.80. The van der Waals surface area contributed by atoms with E-state index in [1.54, 1.807) is 0 Å². The van der Waals surface area contributed by atoms with Crippen molar-refractivity contribution in [3.63, 3.8) is 0 Å². The Morgan fingerprint density at radius 3 is 2.69 bits per heavy atom. The number of ether oxygens (including phenoxy) is 1. The molecule has 0 aliphatic carbocycles. The van der Waals surface area contributed by atoms with Crippen LogP contribution in [-0.4, -0.2) is 22.7 Å². The Morgan fingerprint density at radius 1 is 1.12 bits per heavy atom. The second-order valence-corrected chi connectivity index (χ2v) is 5.71. The van der Waals surface area contributed by atoms with Crippen molar-refractivity contribution in [2.24, 2.45) is 0 Å². The largest absolute Gasteiger partial charge is 0.493 e. The molecule has 0 atom stereocenters. The maximum atomic E-state index is 12.0. The first kappa shape index (κ1) is 17.7. The minimum Gasteiger partial charge on any atom is -0.493 e. The lowest BCUT2D eigenvalue weighted by atomic mass is 10.2. The Morgan fingerprint density at radius 2 is 1.88 bits per heavy atom. The summed E-state index contributed by atoms with van der Waals surface area (Å²) in [7, 11) is 0. The number of anilines is 1. The number of aromatic nitrogens is 2. The van der Waals surface area contributed by atoms with Crippen LogP contribution < -0.4 is 10.1 Å². The normalized spacial score (nSPS) is 10.5. The molecule has 0 saturated heterocycles. The molecule has 1 heterocycles. The van der Waals surface area contributed by atoms with Gasteiger partial charge in [-0.15, -0.1) is 0 Å². The summed E-state index contributed by atoms with van der Waals surface area (Å²) in [6, 6.07) is 17.0. The summed E-state index contributed by atoms with van der Waals surface area (Å²) in [6.07, 6.45) is 1.57. The van der Waals surface area contributed by atoms with Crippen LogP contribution in [0.25, 0.3) is 11.4 Å². The molecular formula is C20H21N3O3. The Hall–Kier alpha value is -3.15. The lowest BCUT2D eigenvalue weighted by Crippen LogP contribution is -2.11. The molecule has 3 rings (SSSR count). The summed E-state index contributed by atoms with van der Waals surface area (Å²) in [5.41, 5.74) is 1.59. The van der Waals surface area contributed by atoms with E-state index in [4.69, 9.17) is 9.26 Å². The minimum atomic E-state index is -0.0300. The fourth-order valence-electron chi connectivity index (χ4n) is 2.54. The average Bonchev–Trinajstić information content (AvgIpc) is 3.12. The van der Waals surface area contributed by atoms with Gasteiger partial charge in [-0.05, 0) is 37.6 Å². The van der Waals surface area contributed by atoms with Crippen LogP contribution in [0.15, 0.2) is 59.1 Å². The van der Waals surface area contributed by atoms with Gasteiger partial charge in [-0.25, -0.2) is 0 Å². The van der Waals surface area contributed by atoms with Crippen molar-refractivity contribution >= 4 is 11.6 Å². The van der Waals surface area contributed by atoms with Crippen molar-refractivity contribution in [2.75, 3.05) is 11.9 Å². The molecule has 26 heavy (non-hydrogen) atoms. The molecule has 0 unspecified atom stereocenters. The van der Waals surface area contributed by atoms with Gasteiger partial charge < -0.3 is 14.6 Å². The molecule has 0 spiro atoms. The monoisotopic (exact) mass is 351 g/mol. The third-order valence-corrected chi connectivity index (χ3v) is 3.75. The van der Waals surface area contributed by atoms with Crippen molar-refractivity contribution in [3.05, 3.63) is 60.5 Å². The number of nitrogens with zero attached hydrogens (tertiary/aromatic N) is 2. The predicted molar refractivity (Wildman–Crippen MR) is 98.9 cm³/mol. The second-order valence-electron chi connectivity index (χ2n) is 5.71. The number of hydrogen-bond donors (Lipinski definition) is 1. The van der Waals surface area contributed by atoms with Crippen molar-refractivity contribution in [1.29, 1.82) is 0 Å². The smallest absolute Gasteiger partial charge is 0.226 e. The van der Waals surface area contributed by atoms with Crippen LogP contribution in [0.4, 0.5) is 5.69 Å². The number of carbonyl (C=O) groups is 1. The summed E-state index contributed by atoms with van der Waals surface area (Å²) in [6.45, 7) is 2.50. The van der Waals surface area contributed by atoms with Crippen LogP contribution in [0.1, 0.15) is 25.7 Å². The highest BCUT2D eigenvalue weighted by Gasteiger charge is 2.13. The van der Waals surface area contributed by atoms with Gasteiger partial charge in [-0.2, -0.15) is 4.98 Å². The first-order chi connectivity index (χ1) is 12.8. The van der Waals surface area contributed by atoms with E-state index in [2.05, 4.69) is 15.5 Å². The average molecular weight is 351 g/mol. The van der Waals surface area contributed by atoms with Gasteiger partial charge in [-0.3, -0.25) is 4.79 Å². The van der Waals surface area contributed by atoms with E-state index in [0.717, 1.165) is 17.0 Å². The number of benzene rings is 2. The van der Waals surface area contributed by atoms with E-state index in [-0.39, 0.29) is 5.91 Å². The van der Waals surface area contributed by atoms with E-state index in [0.29, 0.717) is 37.6 Å². The van der Waals surface area contributed by atoms with Crippen molar-refractivity contribution in [2.45, 2.75) is 26.2 Å². The van der Waals surface area contributed by atoms with Crippen LogP contribution in [-0.2, 0) is 11.2 Å². The van der Waals surface area contributed by atoms with E-state index >= 15 is 0 Å². The molecule has 1 amide bonds. The summed E-state index contributed by atoms with van der Waals surface area (Å²) < 4.78 is 10.9. The third-order valence-electron chi connectivity index (χ3n) is 3.75. The molecule has 6 nitrogen and oxygen atoms in total. The number of amides is 1. The molecular weight excluding hydrogens is 330 g/mol. The highest BCUT2D eigenvalue weighted by molar-refractivity contribution is 5.90. The number of aryl methyl sites for hydroxylation is 1. The fraction of sp³-hybridized carbons (Fsp3) is 0.250. The van der Waals surface area contributed by atoms with Crippen LogP contribution in [0.2, 0.25) is 0 Å². The van der Waals surface area contributed by atoms with Gasteiger partial charge in [-0.1, -0.05) is 35.5 Å². The van der Waals surface area contributed by atoms with Gasteiger partial charge in [0.1, 0.15) is 5.75 Å². The molecule has 0 fully saturated rings. The van der Waals surface area contributed by atoms with Gasteiger partial charge in [0.25, 0.3) is 0 Å². The third kappa shape index (κ3) is 4.69. The Bertz CT molecular complexity index is 846. The fourth-order valence-corrected chi connectivity index (χ4v) is 2.54. The maximum Gasteiger partial charge on any atom is 0.226 e. The lowest BCUT2D eigenvalue weighted by Gasteiger charge is -2.06. The summed E-state index contributed by atoms with van der Waals surface area (Å²) in [4.78, 5) is 16.4.